The van der Waals surface area contributed by atoms with Crippen molar-refractivity contribution in [2.45, 2.75) is 39.7 Å². The highest BCUT2D eigenvalue weighted by Gasteiger charge is 2.21. The van der Waals surface area contributed by atoms with Crippen molar-refractivity contribution in [2.24, 2.45) is 17.0 Å². The first-order chi connectivity index (χ1) is 8.07. The fourth-order valence-electron chi connectivity index (χ4n) is 1.39. The number of nitrogens with two attached hydrogens (primary N) is 1. The number of ether oxygens (including phenoxy) is 2. The van der Waals surface area contributed by atoms with Crippen molar-refractivity contribution in [3.63, 3.8) is 0 Å². The second-order valence-corrected chi connectivity index (χ2v) is 7.28. The molecule has 0 aliphatic rings. The Kier molecular flexibility index (Phi) is 7.36. The van der Waals surface area contributed by atoms with Crippen molar-refractivity contribution >= 4 is 10.0 Å². The van der Waals surface area contributed by atoms with Gasteiger partial charge in [0.25, 0.3) is 0 Å². The first-order valence-corrected chi connectivity index (χ1v) is 7.92. The maximum absolute atomic E-state index is 11.1. The lowest BCUT2D eigenvalue weighted by Crippen LogP contribution is -2.30. The van der Waals surface area contributed by atoms with Crippen LogP contribution in [0.1, 0.15) is 34.1 Å². The van der Waals surface area contributed by atoms with E-state index in [-0.39, 0.29) is 23.2 Å². The minimum Gasteiger partial charge on any atom is -0.381 e. The van der Waals surface area contributed by atoms with Crippen LogP contribution >= 0.6 is 0 Å². The average Bonchev–Trinajstić information content (AvgIpc) is 2.20. The Morgan fingerprint density at radius 2 is 1.83 bits per heavy atom. The van der Waals surface area contributed by atoms with Crippen molar-refractivity contribution in [1.82, 2.24) is 0 Å². The molecule has 0 rings (SSSR count). The van der Waals surface area contributed by atoms with E-state index in [1.165, 1.54) is 0 Å². The molecule has 2 N–H and O–H groups in total. The minimum absolute atomic E-state index is 0.0294. The number of sulfonamides is 1. The molecule has 0 aliphatic heterocycles. The maximum Gasteiger partial charge on any atom is 0.209 e. The number of hydrogen-bond donors (Lipinski definition) is 1. The van der Waals surface area contributed by atoms with Crippen LogP contribution in [0.3, 0.4) is 0 Å². The molecule has 6 heteroatoms. The molecular formula is C12H27NO4S. The Bertz CT molecular complexity index is 325. The Morgan fingerprint density at radius 1 is 1.28 bits per heavy atom. The molecule has 0 aromatic heterocycles. The zero-order valence-electron chi connectivity index (χ0n) is 12.1. The van der Waals surface area contributed by atoms with E-state index < -0.39 is 10.0 Å². The summed E-state index contributed by atoms with van der Waals surface area (Å²) in [5.41, 5.74) is -0.215. The van der Waals surface area contributed by atoms with Gasteiger partial charge in [-0.3, -0.25) is 0 Å². The summed E-state index contributed by atoms with van der Waals surface area (Å²) in [6, 6.07) is 0. The summed E-state index contributed by atoms with van der Waals surface area (Å²) >= 11 is 0. The van der Waals surface area contributed by atoms with E-state index in [0.29, 0.717) is 13.2 Å². The molecule has 1 atom stereocenters. The predicted molar refractivity (Wildman–Crippen MR) is 72.8 cm³/mol. The molecule has 0 spiro atoms. The lowest BCUT2D eigenvalue weighted by atomic mass is 9.99. The van der Waals surface area contributed by atoms with E-state index in [0.717, 1.165) is 6.42 Å². The smallest absolute Gasteiger partial charge is 0.209 e. The second-order valence-electron chi connectivity index (χ2n) is 5.62. The summed E-state index contributed by atoms with van der Waals surface area (Å²) in [6.45, 7) is 8.88. The Hall–Kier alpha value is -0.170. The summed E-state index contributed by atoms with van der Waals surface area (Å²) in [7, 11) is -1.78. The first kappa shape index (κ1) is 17.8. The van der Waals surface area contributed by atoms with E-state index in [2.05, 4.69) is 0 Å². The molecule has 0 heterocycles. The van der Waals surface area contributed by atoms with Gasteiger partial charge in [0.05, 0.1) is 18.0 Å². The van der Waals surface area contributed by atoms with Gasteiger partial charge in [-0.2, -0.15) is 0 Å². The average molecular weight is 281 g/mol. The zero-order valence-corrected chi connectivity index (χ0v) is 12.9. The van der Waals surface area contributed by atoms with Gasteiger partial charge < -0.3 is 9.47 Å². The van der Waals surface area contributed by atoms with Crippen LogP contribution in [-0.4, -0.2) is 40.1 Å². The third-order valence-corrected chi connectivity index (χ3v) is 4.01. The van der Waals surface area contributed by atoms with Gasteiger partial charge in [-0.1, -0.05) is 13.8 Å². The lowest BCUT2D eigenvalue weighted by molar-refractivity contribution is -0.0153. The summed E-state index contributed by atoms with van der Waals surface area (Å²) < 4.78 is 33.0. The van der Waals surface area contributed by atoms with Crippen molar-refractivity contribution in [3.8, 4) is 0 Å². The molecule has 0 aromatic carbocycles. The molecule has 0 amide bonds. The monoisotopic (exact) mass is 281 g/mol. The van der Waals surface area contributed by atoms with Crippen molar-refractivity contribution in [2.75, 3.05) is 26.1 Å². The highest BCUT2D eigenvalue weighted by Crippen LogP contribution is 2.16. The molecule has 0 aromatic rings. The van der Waals surface area contributed by atoms with Gasteiger partial charge in [0, 0.05) is 13.7 Å². The first-order valence-electron chi connectivity index (χ1n) is 6.21. The van der Waals surface area contributed by atoms with Gasteiger partial charge in [0.2, 0.25) is 10.0 Å². The summed E-state index contributed by atoms with van der Waals surface area (Å²) in [5.74, 6) is 0.127. The van der Waals surface area contributed by atoms with Crippen LogP contribution in [-0.2, 0) is 19.5 Å². The SMILES string of the molecule is COC(C)(C)CCOCC(CS(N)(=O)=O)C(C)C. The lowest BCUT2D eigenvalue weighted by Gasteiger charge is -2.24. The van der Waals surface area contributed by atoms with Gasteiger partial charge in [-0.15, -0.1) is 0 Å². The van der Waals surface area contributed by atoms with Crippen LogP contribution in [0.15, 0.2) is 0 Å². The highest BCUT2D eigenvalue weighted by molar-refractivity contribution is 7.89. The van der Waals surface area contributed by atoms with E-state index >= 15 is 0 Å². The Balaban J connectivity index is 4.07. The van der Waals surface area contributed by atoms with Crippen LogP contribution in [0.25, 0.3) is 0 Å². The summed E-state index contributed by atoms with van der Waals surface area (Å²) in [6.07, 6.45) is 0.768. The van der Waals surface area contributed by atoms with Gasteiger partial charge >= 0.3 is 0 Å². The van der Waals surface area contributed by atoms with Crippen molar-refractivity contribution < 1.29 is 17.9 Å². The molecule has 0 aliphatic carbocycles. The van der Waals surface area contributed by atoms with Gasteiger partial charge in [-0.05, 0) is 32.1 Å². The second kappa shape index (κ2) is 7.43. The number of primary sulfonamides is 1. The molecule has 0 bridgehead atoms. The molecule has 5 nitrogen and oxygen atoms in total. The topological polar surface area (TPSA) is 78.6 Å². The van der Waals surface area contributed by atoms with E-state index in [9.17, 15) is 8.42 Å². The van der Waals surface area contributed by atoms with Crippen molar-refractivity contribution in [1.29, 1.82) is 0 Å². The molecule has 110 valence electrons. The zero-order chi connectivity index (χ0) is 14.4. The van der Waals surface area contributed by atoms with Crippen LogP contribution in [0, 0.1) is 11.8 Å². The van der Waals surface area contributed by atoms with Crippen LogP contribution in [0.5, 0.6) is 0 Å². The molecular weight excluding hydrogens is 254 g/mol. The third-order valence-electron chi connectivity index (χ3n) is 3.12. The number of hydrogen-bond acceptors (Lipinski definition) is 4. The van der Waals surface area contributed by atoms with Crippen LogP contribution < -0.4 is 5.14 Å². The molecule has 18 heavy (non-hydrogen) atoms. The standard InChI is InChI=1S/C12H27NO4S/c1-10(2)11(9-18(13,14)15)8-17-7-6-12(3,4)16-5/h10-11H,6-9H2,1-5H3,(H2,13,14,15). The molecule has 0 saturated carbocycles. The molecule has 1 unspecified atom stereocenters. The Labute approximate surface area is 111 Å². The molecule has 0 radical (unpaired) electrons. The number of rotatable bonds is 9. The fourth-order valence-corrected chi connectivity index (χ4v) is 2.46. The van der Waals surface area contributed by atoms with E-state index in [4.69, 9.17) is 14.6 Å². The minimum atomic E-state index is -3.44. The maximum atomic E-state index is 11.1. The Morgan fingerprint density at radius 3 is 2.22 bits per heavy atom. The summed E-state index contributed by atoms with van der Waals surface area (Å²) in [5, 5.41) is 5.07. The molecule has 0 fully saturated rings. The van der Waals surface area contributed by atoms with Crippen molar-refractivity contribution in [3.05, 3.63) is 0 Å². The largest absolute Gasteiger partial charge is 0.381 e. The summed E-state index contributed by atoms with van der Waals surface area (Å²) in [4.78, 5) is 0. The van der Waals surface area contributed by atoms with E-state index in [1.54, 1.807) is 7.11 Å². The van der Waals surface area contributed by atoms with Gasteiger partial charge in [0.15, 0.2) is 0 Å². The fraction of sp³-hybridized carbons (Fsp3) is 1.00. The van der Waals surface area contributed by atoms with Crippen LogP contribution in [0.4, 0.5) is 0 Å². The third kappa shape index (κ3) is 8.85. The van der Waals surface area contributed by atoms with Gasteiger partial charge in [-0.25, -0.2) is 13.6 Å². The highest BCUT2D eigenvalue weighted by atomic mass is 32.2. The molecule has 0 saturated heterocycles. The van der Waals surface area contributed by atoms with Gasteiger partial charge in [0.1, 0.15) is 0 Å². The van der Waals surface area contributed by atoms with Crippen LogP contribution in [0.2, 0.25) is 0 Å². The predicted octanol–water partition coefficient (Wildman–Crippen LogP) is 1.38. The number of methoxy groups -OCH3 is 1. The van der Waals surface area contributed by atoms with E-state index in [1.807, 2.05) is 27.7 Å². The normalized spacial score (nSPS) is 15.1. The quantitative estimate of drug-likeness (QED) is 0.648.